The van der Waals surface area contributed by atoms with Crippen LogP contribution >= 0.6 is 0 Å². The first-order valence-corrected chi connectivity index (χ1v) is 10.3. The second-order valence-electron chi connectivity index (χ2n) is 7.66. The minimum absolute atomic E-state index is 0.0131. The first-order valence-electron chi connectivity index (χ1n) is 10.3. The highest BCUT2D eigenvalue weighted by Gasteiger charge is 2.23. The Morgan fingerprint density at radius 3 is 2.67 bits per heavy atom. The molecule has 156 valence electrons. The smallest absolute Gasteiger partial charge is 0.291 e. The lowest BCUT2D eigenvalue weighted by Crippen LogP contribution is -2.41. The molecule has 0 radical (unpaired) electrons. The van der Waals surface area contributed by atoms with E-state index in [1.165, 1.54) is 10.2 Å². The van der Waals surface area contributed by atoms with Gasteiger partial charge in [-0.15, -0.1) is 0 Å². The molecule has 0 spiro atoms. The van der Waals surface area contributed by atoms with Gasteiger partial charge in [-0.25, -0.2) is 4.68 Å². The summed E-state index contributed by atoms with van der Waals surface area (Å²) >= 11 is 0. The van der Waals surface area contributed by atoms with Gasteiger partial charge >= 0.3 is 0 Å². The summed E-state index contributed by atoms with van der Waals surface area (Å²) in [6.45, 7) is 5.65. The van der Waals surface area contributed by atoms with Crippen molar-refractivity contribution < 1.29 is 9.21 Å². The Balaban J connectivity index is 1.54. The van der Waals surface area contributed by atoms with Crippen LogP contribution in [-0.4, -0.2) is 26.1 Å². The van der Waals surface area contributed by atoms with Crippen LogP contribution in [0, 0.1) is 0 Å². The van der Waals surface area contributed by atoms with Crippen LogP contribution in [0.15, 0.2) is 57.9 Å². The van der Waals surface area contributed by atoms with Gasteiger partial charge < -0.3 is 9.73 Å². The monoisotopic (exact) mass is 406 g/mol. The highest BCUT2D eigenvalue weighted by atomic mass is 16.3. The molecule has 1 N–H and O–H groups in total. The summed E-state index contributed by atoms with van der Waals surface area (Å²) in [4.78, 5) is 25.9. The Kier molecular flexibility index (Phi) is 5.44. The van der Waals surface area contributed by atoms with E-state index in [9.17, 15) is 9.59 Å². The highest BCUT2D eigenvalue weighted by molar-refractivity contribution is 5.83. The molecular formula is C23H26N4O3. The van der Waals surface area contributed by atoms with Crippen LogP contribution in [-0.2, 0) is 17.6 Å². The van der Waals surface area contributed by atoms with Gasteiger partial charge in [0.15, 0.2) is 5.58 Å². The maximum absolute atomic E-state index is 13.1. The molecule has 7 nitrogen and oxygen atoms in total. The third-order valence-corrected chi connectivity index (χ3v) is 5.49. The SMILES string of the molecule is CCc1nn(C(C)C(=O)NC(C)CCc2ccccc2)c(=O)c2cc3occc3n12. The molecule has 4 aromatic rings. The summed E-state index contributed by atoms with van der Waals surface area (Å²) in [5.41, 5.74) is 2.84. The number of hydrogen-bond donors (Lipinski definition) is 1. The topological polar surface area (TPSA) is 81.5 Å². The number of fused-ring (bicyclic) bond motifs is 3. The lowest BCUT2D eigenvalue weighted by atomic mass is 10.1. The standard InChI is InChI=1S/C23H26N4O3/c1-4-21-25-27(23(29)19-14-20-18(26(19)21)12-13-30-20)16(3)22(28)24-15(2)10-11-17-8-6-5-7-9-17/h5-9,12-16H,4,10-11H2,1-3H3,(H,24,28). The summed E-state index contributed by atoms with van der Waals surface area (Å²) in [7, 11) is 0. The molecule has 7 heteroatoms. The Morgan fingerprint density at radius 2 is 1.93 bits per heavy atom. The van der Waals surface area contributed by atoms with E-state index in [0.29, 0.717) is 23.3 Å². The van der Waals surface area contributed by atoms with Gasteiger partial charge in [-0.1, -0.05) is 37.3 Å². The molecule has 3 aromatic heterocycles. The van der Waals surface area contributed by atoms with Crippen LogP contribution in [0.3, 0.4) is 0 Å². The number of rotatable bonds is 7. The summed E-state index contributed by atoms with van der Waals surface area (Å²) in [5.74, 6) is 0.490. The second-order valence-corrected chi connectivity index (χ2v) is 7.66. The van der Waals surface area contributed by atoms with Gasteiger partial charge in [0.05, 0.1) is 11.8 Å². The van der Waals surface area contributed by atoms with Gasteiger partial charge in [0.1, 0.15) is 17.4 Å². The predicted molar refractivity (Wildman–Crippen MR) is 116 cm³/mol. The molecule has 0 saturated heterocycles. The van der Waals surface area contributed by atoms with Crippen molar-refractivity contribution in [2.24, 2.45) is 0 Å². The number of aryl methyl sites for hydroxylation is 2. The van der Waals surface area contributed by atoms with Crippen molar-refractivity contribution in [3.8, 4) is 0 Å². The molecule has 0 aliphatic rings. The lowest BCUT2D eigenvalue weighted by molar-refractivity contribution is -0.124. The molecule has 2 unspecified atom stereocenters. The molecule has 0 fully saturated rings. The number of nitrogens with zero attached hydrogens (tertiary/aromatic N) is 3. The zero-order valence-corrected chi connectivity index (χ0v) is 17.5. The molecule has 0 saturated carbocycles. The fourth-order valence-electron chi connectivity index (χ4n) is 3.76. The van der Waals surface area contributed by atoms with Gasteiger partial charge in [0.25, 0.3) is 5.56 Å². The van der Waals surface area contributed by atoms with Gasteiger partial charge in [-0.3, -0.25) is 14.0 Å². The van der Waals surface area contributed by atoms with Crippen LogP contribution in [0.4, 0.5) is 0 Å². The number of aromatic nitrogens is 3. The minimum Gasteiger partial charge on any atom is -0.463 e. The summed E-state index contributed by atoms with van der Waals surface area (Å²) in [6.07, 6.45) is 3.91. The first kappa shape index (κ1) is 19.9. The zero-order valence-electron chi connectivity index (χ0n) is 17.5. The van der Waals surface area contributed by atoms with E-state index in [1.807, 2.05) is 42.5 Å². The van der Waals surface area contributed by atoms with Gasteiger partial charge in [-0.2, -0.15) is 5.10 Å². The fourth-order valence-corrected chi connectivity index (χ4v) is 3.76. The van der Waals surface area contributed by atoms with Crippen molar-refractivity contribution in [1.29, 1.82) is 0 Å². The van der Waals surface area contributed by atoms with Crippen molar-refractivity contribution in [1.82, 2.24) is 19.5 Å². The van der Waals surface area contributed by atoms with Crippen LogP contribution in [0.1, 0.15) is 44.6 Å². The third-order valence-electron chi connectivity index (χ3n) is 5.49. The Labute approximate surface area is 174 Å². The Bertz CT molecular complexity index is 1240. The third kappa shape index (κ3) is 3.63. The molecule has 0 bridgehead atoms. The molecule has 1 amide bonds. The first-order chi connectivity index (χ1) is 14.5. The van der Waals surface area contributed by atoms with Crippen LogP contribution in [0.5, 0.6) is 0 Å². The minimum atomic E-state index is -0.715. The zero-order chi connectivity index (χ0) is 21.3. The molecule has 3 heterocycles. The van der Waals surface area contributed by atoms with Gasteiger partial charge in [-0.05, 0) is 32.3 Å². The lowest BCUT2D eigenvalue weighted by Gasteiger charge is -2.19. The van der Waals surface area contributed by atoms with E-state index in [1.54, 1.807) is 19.3 Å². The summed E-state index contributed by atoms with van der Waals surface area (Å²) < 4.78 is 8.54. The van der Waals surface area contributed by atoms with Crippen molar-refractivity contribution in [3.63, 3.8) is 0 Å². The van der Waals surface area contributed by atoms with Crippen LogP contribution in [0.25, 0.3) is 16.6 Å². The second kappa shape index (κ2) is 8.18. The average molecular weight is 406 g/mol. The van der Waals surface area contributed by atoms with Gasteiger partial charge in [0.2, 0.25) is 5.91 Å². The van der Waals surface area contributed by atoms with Crippen molar-refractivity contribution in [2.75, 3.05) is 0 Å². The van der Waals surface area contributed by atoms with E-state index in [0.717, 1.165) is 18.4 Å². The molecule has 0 aliphatic heterocycles. The van der Waals surface area contributed by atoms with Gasteiger partial charge in [0, 0.05) is 24.6 Å². The van der Waals surface area contributed by atoms with Crippen LogP contribution in [0.2, 0.25) is 0 Å². The fraction of sp³-hybridized carbons (Fsp3) is 0.348. The molecule has 1 aromatic carbocycles. The van der Waals surface area contributed by atoms with Crippen molar-refractivity contribution >= 4 is 22.5 Å². The van der Waals surface area contributed by atoms with E-state index in [-0.39, 0.29) is 17.5 Å². The molecule has 30 heavy (non-hydrogen) atoms. The number of hydrogen-bond acceptors (Lipinski definition) is 4. The number of carbonyl (C=O) groups is 1. The summed E-state index contributed by atoms with van der Waals surface area (Å²) in [6, 6.07) is 13.0. The number of furan rings is 1. The maximum atomic E-state index is 13.1. The normalized spacial score (nSPS) is 13.6. The number of carbonyl (C=O) groups excluding carboxylic acids is 1. The maximum Gasteiger partial charge on any atom is 0.291 e. The quantitative estimate of drug-likeness (QED) is 0.509. The molecular weight excluding hydrogens is 380 g/mol. The highest BCUT2D eigenvalue weighted by Crippen LogP contribution is 2.21. The van der Waals surface area contributed by atoms with Crippen LogP contribution < -0.4 is 10.9 Å². The average Bonchev–Trinajstić information content (AvgIpc) is 3.35. The Morgan fingerprint density at radius 1 is 1.17 bits per heavy atom. The number of amides is 1. The Hall–Kier alpha value is -3.35. The van der Waals surface area contributed by atoms with E-state index >= 15 is 0 Å². The molecule has 0 aliphatic carbocycles. The van der Waals surface area contributed by atoms with Crippen molar-refractivity contribution in [3.05, 3.63) is 70.5 Å². The predicted octanol–water partition coefficient (Wildman–Crippen LogP) is 3.50. The largest absolute Gasteiger partial charge is 0.463 e. The molecule has 2 atom stereocenters. The number of nitrogens with one attached hydrogen (secondary N) is 1. The van der Waals surface area contributed by atoms with Crippen molar-refractivity contribution in [2.45, 2.75) is 52.1 Å². The van der Waals surface area contributed by atoms with E-state index in [4.69, 9.17) is 4.42 Å². The van der Waals surface area contributed by atoms with E-state index in [2.05, 4.69) is 22.5 Å². The summed E-state index contributed by atoms with van der Waals surface area (Å²) in [5, 5.41) is 7.53. The molecule has 4 rings (SSSR count). The number of benzene rings is 1. The van der Waals surface area contributed by atoms with E-state index < -0.39 is 6.04 Å².